The summed E-state index contributed by atoms with van der Waals surface area (Å²) in [5.41, 5.74) is 3.87. The molecule has 0 atom stereocenters. The highest BCUT2D eigenvalue weighted by atomic mass is 16.1. The van der Waals surface area contributed by atoms with Gasteiger partial charge >= 0.3 is 0 Å². The number of para-hydroxylation sites is 2. The number of hydrogen-bond acceptors (Lipinski definition) is 3. The van der Waals surface area contributed by atoms with Crippen molar-refractivity contribution in [3.05, 3.63) is 72.2 Å². The van der Waals surface area contributed by atoms with Crippen LogP contribution in [0.5, 0.6) is 0 Å². The molecule has 0 saturated carbocycles. The van der Waals surface area contributed by atoms with Crippen molar-refractivity contribution >= 4 is 16.9 Å². The smallest absolute Gasteiger partial charge is 0.270 e. The van der Waals surface area contributed by atoms with E-state index in [9.17, 15) is 4.79 Å². The zero-order valence-electron chi connectivity index (χ0n) is 13.5. The summed E-state index contributed by atoms with van der Waals surface area (Å²) in [4.78, 5) is 27.4. The van der Waals surface area contributed by atoms with E-state index in [0.717, 1.165) is 17.5 Å². The molecule has 2 aromatic carbocycles. The summed E-state index contributed by atoms with van der Waals surface area (Å²) in [6, 6.07) is 17.8. The lowest BCUT2D eigenvalue weighted by molar-refractivity contribution is 0.0950. The van der Waals surface area contributed by atoms with E-state index in [1.807, 2.05) is 54.6 Å². The molecule has 0 unspecified atom stereocenters. The Bertz CT molecular complexity index is 970. The molecule has 2 heterocycles. The number of carbonyl (C=O) groups is 1. The molecule has 0 radical (unpaired) electrons. The van der Waals surface area contributed by atoms with Crippen LogP contribution in [0.3, 0.4) is 0 Å². The average molecular weight is 331 g/mol. The lowest BCUT2D eigenvalue weighted by Gasteiger charge is -2.05. The molecule has 0 aliphatic rings. The second-order valence-electron chi connectivity index (χ2n) is 5.72. The molecule has 25 heavy (non-hydrogen) atoms. The number of hydrogen-bond donors (Lipinski definition) is 3. The largest absolute Gasteiger partial charge is 0.350 e. The van der Waals surface area contributed by atoms with Crippen molar-refractivity contribution in [2.45, 2.75) is 6.42 Å². The number of fused-ring (bicyclic) bond motifs is 1. The van der Waals surface area contributed by atoms with Gasteiger partial charge in [0, 0.05) is 6.54 Å². The molecule has 1 amide bonds. The number of aromatic nitrogens is 4. The minimum Gasteiger partial charge on any atom is -0.350 e. The normalized spacial score (nSPS) is 10.9. The van der Waals surface area contributed by atoms with Gasteiger partial charge < -0.3 is 15.3 Å². The summed E-state index contributed by atoms with van der Waals surface area (Å²) in [6.45, 7) is 0.557. The Labute approximate surface area is 144 Å². The van der Waals surface area contributed by atoms with Gasteiger partial charge in [-0.1, -0.05) is 42.5 Å². The van der Waals surface area contributed by atoms with Crippen LogP contribution in [0.25, 0.3) is 22.6 Å². The van der Waals surface area contributed by atoms with E-state index < -0.39 is 0 Å². The summed E-state index contributed by atoms with van der Waals surface area (Å²) in [5.74, 6) is 0.388. The van der Waals surface area contributed by atoms with Crippen molar-refractivity contribution < 1.29 is 4.79 Å². The third-order valence-corrected chi connectivity index (χ3v) is 4.02. The minimum absolute atomic E-state index is 0.191. The van der Waals surface area contributed by atoms with Crippen LogP contribution in [0, 0.1) is 0 Å². The molecular weight excluding hydrogens is 314 g/mol. The van der Waals surface area contributed by atoms with Crippen LogP contribution in [-0.4, -0.2) is 32.4 Å². The maximum atomic E-state index is 12.5. The molecule has 6 nitrogen and oxygen atoms in total. The van der Waals surface area contributed by atoms with Crippen molar-refractivity contribution in [2.24, 2.45) is 0 Å². The fourth-order valence-corrected chi connectivity index (χ4v) is 2.77. The highest BCUT2D eigenvalue weighted by molar-refractivity contribution is 5.98. The van der Waals surface area contributed by atoms with E-state index in [0.29, 0.717) is 23.8 Å². The Kier molecular flexibility index (Phi) is 4.00. The maximum absolute atomic E-state index is 12.5. The first kappa shape index (κ1) is 15.1. The predicted molar refractivity (Wildman–Crippen MR) is 96.2 cm³/mol. The quantitative estimate of drug-likeness (QED) is 0.525. The number of benzene rings is 2. The molecule has 0 fully saturated rings. The summed E-state index contributed by atoms with van der Waals surface area (Å²) >= 11 is 0. The van der Waals surface area contributed by atoms with Crippen molar-refractivity contribution in [2.75, 3.05) is 6.54 Å². The number of rotatable bonds is 5. The first-order valence-corrected chi connectivity index (χ1v) is 8.12. The van der Waals surface area contributed by atoms with E-state index in [4.69, 9.17) is 0 Å². The molecule has 0 aliphatic heterocycles. The van der Waals surface area contributed by atoms with E-state index in [1.165, 1.54) is 11.9 Å². The first-order chi connectivity index (χ1) is 12.3. The summed E-state index contributed by atoms with van der Waals surface area (Å²) < 4.78 is 0. The highest BCUT2D eigenvalue weighted by Gasteiger charge is 2.18. The molecule has 6 heteroatoms. The third-order valence-electron chi connectivity index (χ3n) is 4.02. The number of imidazole rings is 2. The highest BCUT2D eigenvalue weighted by Crippen LogP contribution is 2.21. The van der Waals surface area contributed by atoms with E-state index in [1.54, 1.807) is 0 Å². The van der Waals surface area contributed by atoms with Gasteiger partial charge in [-0.3, -0.25) is 4.79 Å². The van der Waals surface area contributed by atoms with Crippen LogP contribution in [0.1, 0.15) is 16.1 Å². The Morgan fingerprint density at radius 2 is 1.84 bits per heavy atom. The summed E-state index contributed by atoms with van der Waals surface area (Å²) in [5, 5.41) is 2.93. The lowest BCUT2D eigenvalue weighted by atomic mass is 10.1. The van der Waals surface area contributed by atoms with Crippen LogP contribution in [0.2, 0.25) is 0 Å². The van der Waals surface area contributed by atoms with Gasteiger partial charge in [-0.2, -0.15) is 0 Å². The molecule has 124 valence electrons. The van der Waals surface area contributed by atoms with E-state index in [-0.39, 0.29) is 5.91 Å². The van der Waals surface area contributed by atoms with Gasteiger partial charge in [0.1, 0.15) is 11.4 Å². The number of nitrogens with one attached hydrogen (secondary N) is 3. The van der Waals surface area contributed by atoms with Crippen LogP contribution in [-0.2, 0) is 6.42 Å². The first-order valence-electron chi connectivity index (χ1n) is 8.12. The number of amides is 1. The van der Waals surface area contributed by atoms with Gasteiger partial charge in [0.15, 0.2) is 5.82 Å². The lowest BCUT2D eigenvalue weighted by Crippen LogP contribution is -2.26. The van der Waals surface area contributed by atoms with Gasteiger partial charge in [-0.25, -0.2) is 9.97 Å². The van der Waals surface area contributed by atoms with E-state index >= 15 is 0 Å². The third kappa shape index (κ3) is 3.14. The van der Waals surface area contributed by atoms with Gasteiger partial charge in [-0.05, 0) is 24.1 Å². The molecule has 0 spiro atoms. The van der Waals surface area contributed by atoms with Crippen molar-refractivity contribution in [3.63, 3.8) is 0 Å². The molecular formula is C19H17N5O. The standard InChI is InChI=1S/C19H17N5O/c25-19(20-11-10-13-6-2-1-3-7-13)17-16(21-12-22-17)18-23-14-8-4-5-9-15(14)24-18/h1-9,12H,10-11H2,(H,20,25)(H,21,22)(H,23,24). The van der Waals surface area contributed by atoms with Crippen LogP contribution >= 0.6 is 0 Å². The molecule has 4 rings (SSSR count). The van der Waals surface area contributed by atoms with Crippen LogP contribution in [0.15, 0.2) is 60.9 Å². The summed E-state index contributed by atoms with van der Waals surface area (Å²) in [6.07, 6.45) is 2.29. The van der Waals surface area contributed by atoms with Crippen molar-refractivity contribution in [1.29, 1.82) is 0 Å². The zero-order valence-corrected chi connectivity index (χ0v) is 13.5. The minimum atomic E-state index is -0.191. The Morgan fingerprint density at radius 1 is 1.04 bits per heavy atom. The second kappa shape index (κ2) is 6.60. The fraction of sp³-hybridized carbons (Fsp3) is 0.105. The Hall–Kier alpha value is -3.41. The number of aromatic amines is 2. The molecule has 4 aromatic rings. The Morgan fingerprint density at radius 3 is 2.68 bits per heavy atom. The summed E-state index contributed by atoms with van der Waals surface area (Å²) in [7, 11) is 0. The number of carbonyl (C=O) groups excluding carboxylic acids is 1. The SMILES string of the molecule is O=C(NCCc1ccccc1)c1[nH]cnc1-c1nc2ccccc2[nH]1. The monoisotopic (exact) mass is 331 g/mol. The maximum Gasteiger partial charge on any atom is 0.270 e. The molecule has 2 aromatic heterocycles. The van der Waals surface area contributed by atoms with Gasteiger partial charge in [0.2, 0.25) is 0 Å². The van der Waals surface area contributed by atoms with E-state index in [2.05, 4.69) is 25.3 Å². The van der Waals surface area contributed by atoms with Crippen LogP contribution in [0.4, 0.5) is 0 Å². The molecule has 0 bridgehead atoms. The van der Waals surface area contributed by atoms with Crippen molar-refractivity contribution in [1.82, 2.24) is 25.3 Å². The fourth-order valence-electron chi connectivity index (χ4n) is 2.77. The number of H-pyrrole nitrogens is 2. The molecule has 3 N–H and O–H groups in total. The van der Waals surface area contributed by atoms with Gasteiger partial charge in [-0.15, -0.1) is 0 Å². The molecule has 0 aliphatic carbocycles. The second-order valence-corrected chi connectivity index (χ2v) is 5.72. The number of nitrogens with zero attached hydrogens (tertiary/aromatic N) is 2. The van der Waals surface area contributed by atoms with Gasteiger partial charge in [0.05, 0.1) is 17.4 Å². The van der Waals surface area contributed by atoms with Gasteiger partial charge in [0.25, 0.3) is 5.91 Å². The average Bonchev–Trinajstić information content (AvgIpc) is 3.29. The zero-order chi connectivity index (χ0) is 17.1. The topological polar surface area (TPSA) is 86.5 Å². The Balaban J connectivity index is 1.49. The predicted octanol–water partition coefficient (Wildman–Crippen LogP) is 2.93. The molecule has 0 saturated heterocycles. The van der Waals surface area contributed by atoms with Crippen LogP contribution < -0.4 is 5.32 Å². The van der Waals surface area contributed by atoms with Crippen molar-refractivity contribution in [3.8, 4) is 11.5 Å².